The lowest BCUT2D eigenvalue weighted by molar-refractivity contribution is -0.167. The highest BCUT2D eigenvalue weighted by Gasteiger charge is 2.19. The van der Waals surface area contributed by atoms with Crippen molar-refractivity contribution in [2.24, 2.45) is 11.8 Å². The van der Waals surface area contributed by atoms with E-state index in [9.17, 15) is 14.4 Å². The van der Waals surface area contributed by atoms with Gasteiger partial charge in [-0.2, -0.15) is 0 Å². The zero-order valence-corrected chi connectivity index (χ0v) is 44.6. The first-order chi connectivity index (χ1) is 31.8. The predicted molar refractivity (Wildman–Crippen MR) is 280 cm³/mol. The molecular formula is C59H114O6. The molecule has 0 aliphatic heterocycles. The van der Waals surface area contributed by atoms with Crippen LogP contribution in [-0.4, -0.2) is 37.2 Å². The van der Waals surface area contributed by atoms with Gasteiger partial charge in [-0.15, -0.1) is 0 Å². The Morgan fingerprint density at radius 1 is 0.308 bits per heavy atom. The highest BCUT2D eigenvalue weighted by Crippen LogP contribution is 2.19. The summed E-state index contributed by atoms with van der Waals surface area (Å²) < 4.78 is 16.9. The van der Waals surface area contributed by atoms with Gasteiger partial charge in [0.2, 0.25) is 0 Å². The van der Waals surface area contributed by atoms with E-state index in [1.54, 1.807) is 0 Å². The summed E-state index contributed by atoms with van der Waals surface area (Å²) in [6, 6.07) is 0. The lowest BCUT2D eigenvalue weighted by Gasteiger charge is -2.18. The quantitative estimate of drug-likeness (QED) is 0.0344. The molecule has 386 valence electrons. The summed E-state index contributed by atoms with van der Waals surface area (Å²) in [5.74, 6) is 0.880. The van der Waals surface area contributed by atoms with Gasteiger partial charge in [0, 0.05) is 19.3 Å². The SMILES string of the molecule is CCCCCCCCCCCCCCCCCC(=O)OC[C@@H](COC(=O)CCCCCCCCC(C)CC)OC(=O)CCCCCCCCCCCCCCCCCCCCC(C)CC. The standard InChI is InChI=1S/C59H114O6/c1-6-9-10-11-12-13-14-15-20-24-27-30-33-39-44-49-57(60)63-52-56(53-64-58(61)50-45-40-36-35-38-43-48-55(5)8-3)65-59(62)51-46-41-34-31-28-25-22-19-17-16-18-21-23-26-29-32-37-42-47-54(4)7-2/h54-56H,6-53H2,1-5H3/t54?,55?,56-/m0/s1. The van der Waals surface area contributed by atoms with Gasteiger partial charge in [-0.25, -0.2) is 0 Å². The molecule has 0 amide bonds. The van der Waals surface area contributed by atoms with E-state index in [4.69, 9.17) is 14.2 Å². The van der Waals surface area contributed by atoms with Crippen LogP contribution in [0.3, 0.4) is 0 Å². The van der Waals surface area contributed by atoms with Gasteiger partial charge in [0.15, 0.2) is 6.10 Å². The van der Waals surface area contributed by atoms with Gasteiger partial charge < -0.3 is 14.2 Å². The van der Waals surface area contributed by atoms with Crippen molar-refractivity contribution >= 4 is 17.9 Å². The van der Waals surface area contributed by atoms with Crippen molar-refractivity contribution in [3.63, 3.8) is 0 Å². The summed E-state index contributed by atoms with van der Waals surface area (Å²) in [5.41, 5.74) is 0. The third kappa shape index (κ3) is 50.1. The Balaban J connectivity index is 4.22. The molecule has 0 heterocycles. The number of esters is 3. The number of hydrogen-bond donors (Lipinski definition) is 0. The van der Waals surface area contributed by atoms with E-state index in [1.807, 2.05) is 0 Å². The number of rotatable bonds is 53. The van der Waals surface area contributed by atoms with Crippen LogP contribution in [-0.2, 0) is 28.6 Å². The smallest absolute Gasteiger partial charge is 0.306 e. The summed E-state index contributed by atoms with van der Waals surface area (Å²) in [4.78, 5) is 38.1. The third-order valence-corrected chi connectivity index (χ3v) is 14.2. The number of hydrogen-bond acceptors (Lipinski definition) is 6. The second kappa shape index (κ2) is 51.8. The highest BCUT2D eigenvalue weighted by atomic mass is 16.6. The van der Waals surface area contributed by atoms with E-state index in [0.717, 1.165) is 69.6 Å². The maximum absolute atomic E-state index is 12.9. The molecule has 0 aromatic rings. The zero-order chi connectivity index (χ0) is 47.5. The summed E-state index contributed by atoms with van der Waals surface area (Å²) in [5, 5.41) is 0. The van der Waals surface area contributed by atoms with Crippen LogP contribution in [0.5, 0.6) is 0 Å². The molecule has 0 N–H and O–H groups in total. The van der Waals surface area contributed by atoms with Crippen molar-refractivity contribution < 1.29 is 28.6 Å². The van der Waals surface area contributed by atoms with E-state index in [1.165, 1.54) is 218 Å². The second-order valence-corrected chi connectivity index (χ2v) is 20.8. The third-order valence-electron chi connectivity index (χ3n) is 14.2. The largest absolute Gasteiger partial charge is 0.462 e. The maximum atomic E-state index is 12.9. The van der Waals surface area contributed by atoms with Crippen LogP contribution in [0.15, 0.2) is 0 Å². The average molecular weight is 920 g/mol. The first-order valence-electron chi connectivity index (χ1n) is 29.3. The molecule has 0 aliphatic rings. The van der Waals surface area contributed by atoms with Gasteiger partial charge in [-0.1, -0.05) is 291 Å². The van der Waals surface area contributed by atoms with Gasteiger partial charge in [0.25, 0.3) is 0 Å². The molecule has 6 nitrogen and oxygen atoms in total. The van der Waals surface area contributed by atoms with Crippen LogP contribution in [0.1, 0.15) is 330 Å². The van der Waals surface area contributed by atoms with Crippen molar-refractivity contribution in [3.8, 4) is 0 Å². The van der Waals surface area contributed by atoms with Gasteiger partial charge in [-0.05, 0) is 31.1 Å². The minimum atomic E-state index is -0.763. The normalized spacial score (nSPS) is 12.9. The van der Waals surface area contributed by atoms with Crippen LogP contribution in [0, 0.1) is 11.8 Å². The van der Waals surface area contributed by atoms with Crippen molar-refractivity contribution in [1.29, 1.82) is 0 Å². The Kier molecular flexibility index (Phi) is 50.5. The fourth-order valence-electron chi connectivity index (χ4n) is 8.99. The van der Waals surface area contributed by atoms with Crippen molar-refractivity contribution in [2.75, 3.05) is 13.2 Å². The van der Waals surface area contributed by atoms with Crippen molar-refractivity contribution in [1.82, 2.24) is 0 Å². The van der Waals surface area contributed by atoms with Crippen LogP contribution >= 0.6 is 0 Å². The minimum absolute atomic E-state index is 0.0634. The molecule has 0 bridgehead atoms. The zero-order valence-electron chi connectivity index (χ0n) is 44.6. The maximum Gasteiger partial charge on any atom is 0.306 e. The van der Waals surface area contributed by atoms with Crippen LogP contribution in [0.2, 0.25) is 0 Å². The van der Waals surface area contributed by atoms with Crippen LogP contribution in [0.4, 0.5) is 0 Å². The monoisotopic (exact) mass is 919 g/mol. The van der Waals surface area contributed by atoms with E-state index < -0.39 is 6.10 Å². The van der Waals surface area contributed by atoms with Crippen LogP contribution in [0.25, 0.3) is 0 Å². The Bertz CT molecular complexity index is 997. The predicted octanol–water partition coefficient (Wildman–Crippen LogP) is 19.3. The molecule has 0 spiro atoms. The molecule has 0 aliphatic carbocycles. The van der Waals surface area contributed by atoms with Crippen LogP contribution < -0.4 is 0 Å². The second-order valence-electron chi connectivity index (χ2n) is 20.8. The highest BCUT2D eigenvalue weighted by molar-refractivity contribution is 5.71. The molecular weight excluding hydrogens is 805 g/mol. The van der Waals surface area contributed by atoms with E-state index in [2.05, 4.69) is 34.6 Å². The Morgan fingerprint density at radius 3 is 0.800 bits per heavy atom. The fraction of sp³-hybridized carbons (Fsp3) is 0.949. The number of carbonyl (C=O) groups is 3. The molecule has 65 heavy (non-hydrogen) atoms. The minimum Gasteiger partial charge on any atom is -0.462 e. The Labute approximate surface area is 406 Å². The Morgan fingerprint density at radius 2 is 0.538 bits per heavy atom. The molecule has 0 saturated carbocycles. The lowest BCUT2D eigenvalue weighted by Crippen LogP contribution is -2.30. The first kappa shape index (κ1) is 63.4. The molecule has 3 atom stereocenters. The molecule has 2 unspecified atom stereocenters. The fourth-order valence-corrected chi connectivity index (χ4v) is 8.99. The molecule has 0 rings (SSSR count). The summed E-state index contributed by atoms with van der Waals surface area (Å²) in [6.45, 7) is 11.4. The van der Waals surface area contributed by atoms with E-state index in [-0.39, 0.29) is 31.1 Å². The molecule has 0 fully saturated rings. The first-order valence-corrected chi connectivity index (χ1v) is 29.3. The average Bonchev–Trinajstić information content (AvgIpc) is 3.30. The number of unbranched alkanes of at least 4 members (excludes halogenated alkanes) is 36. The van der Waals surface area contributed by atoms with E-state index in [0.29, 0.717) is 19.3 Å². The van der Waals surface area contributed by atoms with Gasteiger partial charge in [0.1, 0.15) is 13.2 Å². The molecule has 6 heteroatoms. The summed E-state index contributed by atoms with van der Waals surface area (Å²) >= 11 is 0. The summed E-state index contributed by atoms with van der Waals surface area (Å²) in [6.07, 6.45) is 55.3. The molecule has 0 radical (unpaired) electrons. The van der Waals surface area contributed by atoms with Gasteiger partial charge >= 0.3 is 17.9 Å². The summed E-state index contributed by atoms with van der Waals surface area (Å²) in [7, 11) is 0. The Hall–Kier alpha value is -1.59. The van der Waals surface area contributed by atoms with Crippen molar-refractivity contribution in [3.05, 3.63) is 0 Å². The molecule has 0 aromatic heterocycles. The van der Waals surface area contributed by atoms with Gasteiger partial charge in [-0.3, -0.25) is 14.4 Å². The number of ether oxygens (including phenoxy) is 3. The number of carbonyl (C=O) groups excluding carboxylic acids is 3. The molecule has 0 saturated heterocycles. The van der Waals surface area contributed by atoms with Crippen molar-refractivity contribution in [2.45, 2.75) is 336 Å². The van der Waals surface area contributed by atoms with E-state index >= 15 is 0 Å². The van der Waals surface area contributed by atoms with Gasteiger partial charge in [0.05, 0.1) is 0 Å². The molecule has 0 aromatic carbocycles. The topological polar surface area (TPSA) is 78.9 Å². The lowest BCUT2D eigenvalue weighted by atomic mass is 9.99.